The molecule has 13 heteroatoms. The molecule has 0 spiro atoms. The van der Waals surface area contributed by atoms with Gasteiger partial charge in [-0.3, -0.25) is 4.79 Å². The highest BCUT2D eigenvalue weighted by Gasteiger charge is 2.26. The number of rotatable bonds is 17. The molecule has 4 N–H and O–H groups in total. The maximum atomic E-state index is 13.2. The Morgan fingerprint density at radius 3 is 1.96 bits per heavy atom. The number of ether oxygens (including phenoxy) is 1. The molecule has 0 saturated carbocycles. The van der Waals surface area contributed by atoms with Crippen LogP contribution in [0.15, 0.2) is 127 Å². The Hall–Kier alpha value is -5.95. The van der Waals surface area contributed by atoms with Crippen molar-refractivity contribution in [1.82, 2.24) is 14.6 Å². The molecule has 0 aliphatic heterocycles. The molecule has 0 radical (unpaired) electrons. The van der Waals surface area contributed by atoms with Crippen LogP contribution in [-0.2, 0) is 22.9 Å². The Bertz CT molecular complexity index is 2380. The second-order valence-electron chi connectivity index (χ2n) is 12.7. The minimum atomic E-state index is -3.88. The van der Waals surface area contributed by atoms with E-state index in [4.69, 9.17) is 16.3 Å². The Balaban J connectivity index is 1.30. The summed E-state index contributed by atoms with van der Waals surface area (Å²) >= 11 is 6.60. The lowest BCUT2D eigenvalue weighted by molar-refractivity contribution is 0.0684. The number of aromatic nitrogens is 1. The third kappa shape index (κ3) is 9.41. The van der Waals surface area contributed by atoms with Gasteiger partial charge in [-0.1, -0.05) is 84.4 Å². The smallest absolute Gasteiger partial charge is 0.336 e. The first-order chi connectivity index (χ1) is 26.5. The molecule has 0 saturated heterocycles. The molecule has 0 atom stereocenters. The lowest BCUT2D eigenvalue weighted by atomic mass is 9.97. The van der Waals surface area contributed by atoms with Gasteiger partial charge in [0.1, 0.15) is 5.75 Å². The zero-order valence-electron chi connectivity index (χ0n) is 29.5. The SMILES string of the molecule is O=C(O)c1ccc(OCCc2c(CCNS(=O)(=O)CCNC(=O)c3ccccc3C(=O)O)n(C(c3ccccc3)c3ccccc3)c3ccc(Cl)cc23)cc1. The monoisotopic (exact) mass is 779 g/mol. The van der Waals surface area contributed by atoms with Crippen molar-refractivity contribution in [2.75, 3.05) is 25.4 Å². The largest absolute Gasteiger partial charge is 0.493 e. The molecule has 11 nitrogen and oxygen atoms in total. The van der Waals surface area contributed by atoms with Gasteiger partial charge in [0.25, 0.3) is 5.91 Å². The summed E-state index contributed by atoms with van der Waals surface area (Å²) < 4.78 is 37.5. The van der Waals surface area contributed by atoms with E-state index in [1.165, 1.54) is 36.4 Å². The molecule has 6 rings (SSSR count). The number of carbonyl (C=O) groups excluding carboxylic acids is 1. The average molecular weight is 780 g/mol. The number of carboxylic acid groups (broad SMARTS) is 2. The Morgan fingerprint density at radius 1 is 0.727 bits per heavy atom. The van der Waals surface area contributed by atoms with Crippen molar-refractivity contribution in [1.29, 1.82) is 0 Å². The normalized spacial score (nSPS) is 11.5. The number of carbonyl (C=O) groups is 3. The van der Waals surface area contributed by atoms with Gasteiger partial charge in [0.15, 0.2) is 0 Å². The highest BCUT2D eigenvalue weighted by molar-refractivity contribution is 7.89. The van der Waals surface area contributed by atoms with Crippen molar-refractivity contribution in [2.24, 2.45) is 0 Å². The number of aromatic carboxylic acids is 2. The topological polar surface area (TPSA) is 164 Å². The van der Waals surface area contributed by atoms with Crippen LogP contribution in [0.25, 0.3) is 10.9 Å². The first-order valence-electron chi connectivity index (χ1n) is 17.5. The van der Waals surface area contributed by atoms with Crippen molar-refractivity contribution in [3.8, 4) is 5.75 Å². The Kier molecular flexibility index (Phi) is 12.3. The van der Waals surface area contributed by atoms with E-state index in [0.29, 0.717) is 17.2 Å². The Morgan fingerprint density at radius 2 is 1.35 bits per heavy atom. The number of carboxylic acids is 2. The minimum Gasteiger partial charge on any atom is -0.493 e. The predicted octanol–water partition coefficient (Wildman–Crippen LogP) is 6.84. The number of benzene rings is 5. The standard InChI is InChI=1S/C42H38ClN3O8S/c43-31-17-20-37-36(27-31)33(22-25-54-32-18-15-30(16-19-32)41(48)49)38(46(37)39(28-9-3-1-4-10-28)29-11-5-2-6-12-29)21-23-45-55(52,53)26-24-44-40(47)34-13-7-8-14-35(34)42(50)51/h1-20,27,39,45H,21-26H2,(H,44,47)(H,48,49)(H,50,51). The quantitative estimate of drug-likeness (QED) is 0.0782. The van der Waals surface area contributed by atoms with Crippen molar-refractivity contribution < 1.29 is 37.8 Å². The highest BCUT2D eigenvalue weighted by Crippen LogP contribution is 2.38. The number of hydrogen-bond acceptors (Lipinski definition) is 6. The van der Waals surface area contributed by atoms with E-state index in [1.807, 2.05) is 54.6 Å². The molecule has 0 aliphatic carbocycles. The molecule has 0 bridgehead atoms. The van der Waals surface area contributed by atoms with E-state index in [-0.39, 0.29) is 48.8 Å². The second-order valence-corrected chi connectivity index (χ2v) is 15.0. The summed E-state index contributed by atoms with van der Waals surface area (Å²) in [5, 5.41) is 22.7. The van der Waals surface area contributed by atoms with Gasteiger partial charge in [-0.2, -0.15) is 0 Å². The number of nitrogens with zero attached hydrogens (tertiary/aromatic N) is 1. The van der Waals surface area contributed by atoms with Crippen molar-refractivity contribution in [2.45, 2.75) is 18.9 Å². The van der Waals surface area contributed by atoms with Crippen LogP contribution in [0.4, 0.5) is 0 Å². The molecule has 5 aromatic carbocycles. The van der Waals surface area contributed by atoms with Crippen molar-refractivity contribution in [3.05, 3.63) is 171 Å². The molecule has 6 aromatic rings. The molecule has 55 heavy (non-hydrogen) atoms. The molecular formula is C42H38ClN3O8S. The third-order valence-corrected chi connectivity index (χ3v) is 10.8. The molecular weight excluding hydrogens is 742 g/mol. The fourth-order valence-electron chi connectivity index (χ4n) is 6.64. The summed E-state index contributed by atoms with van der Waals surface area (Å²) in [5.74, 6) is -2.90. The highest BCUT2D eigenvalue weighted by atomic mass is 35.5. The number of amides is 1. The van der Waals surface area contributed by atoms with E-state index < -0.39 is 33.6 Å². The summed E-state index contributed by atoms with van der Waals surface area (Å²) in [7, 11) is -3.88. The van der Waals surface area contributed by atoms with Crippen LogP contribution in [0.5, 0.6) is 5.75 Å². The molecule has 1 aromatic heterocycles. The van der Waals surface area contributed by atoms with Gasteiger partial charge >= 0.3 is 11.9 Å². The molecule has 282 valence electrons. The van der Waals surface area contributed by atoms with E-state index in [9.17, 15) is 33.0 Å². The summed E-state index contributed by atoms with van der Waals surface area (Å²) in [6.45, 7) is 0.0345. The van der Waals surface area contributed by atoms with Gasteiger partial charge in [-0.15, -0.1) is 0 Å². The summed E-state index contributed by atoms with van der Waals surface area (Å²) in [4.78, 5) is 35.6. The van der Waals surface area contributed by atoms with E-state index in [1.54, 1.807) is 12.1 Å². The van der Waals surface area contributed by atoms with Gasteiger partial charge < -0.3 is 24.8 Å². The number of sulfonamides is 1. The van der Waals surface area contributed by atoms with Crippen molar-refractivity contribution in [3.63, 3.8) is 0 Å². The van der Waals surface area contributed by atoms with Gasteiger partial charge in [-0.05, 0) is 71.3 Å². The van der Waals surface area contributed by atoms with Crippen LogP contribution in [0.3, 0.4) is 0 Å². The van der Waals surface area contributed by atoms with Crippen molar-refractivity contribution >= 4 is 50.4 Å². The van der Waals surface area contributed by atoms with Gasteiger partial charge in [0.2, 0.25) is 10.0 Å². The number of fused-ring (bicyclic) bond motifs is 1. The summed E-state index contributed by atoms with van der Waals surface area (Å²) in [5.41, 5.74) is 4.61. The molecule has 1 amide bonds. The summed E-state index contributed by atoms with van der Waals surface area (Å²) in [6, 6.07) is 37.3. The van der Waals surface area contributed by atoms with Crippen LogP contribution in [0, 0.1) is 0 Å². The molecule has 0 unspecified atom stereocenters. The second kappa shape index (κ2) is 17.5. The maximum Gasteiger partial charge on any atom is 0.336 e. The van der Waals surface area contributed by atoms with Gasteiger partial charge in [-0.25, -0.2) is 22.7 Å². The van der Waals surface area contributed by atoms with Crippen LogP contribution >= 0.6 is 11.6 Å². The first-order valence-corrected chi connectivity index (χ1v) is 19.5. The molecule has 0 fully saturated rings. The Labute approximate surface area is 323 Å². The van der Waals surface area contributed by atoms with Crippen LogP contribution < -0.4 is 14.8 Å². The predicted molar refractivity (Wildman–Crippen MR) is 211 cm³/mol. The fraction of sp³-hybridized carbons (Fsp3) is 0.167. The number of halogens is 1. The van der Waals surface area contributed by atoms with E-state index in [2.05, 4.69) is 38.9 Å². The zero-order chi connectivity index (χ0) is 39.0. The van der Waals surface area contributed by atoms with Crippen LogP contribution in [-0.4, -0.2) is 66.5 Å². The first kappa shape index (κ1) is 38.8. The maximum absolute atomic E-state index is 13.2. The lowest BCUT2D eigenvalue weighted by Gasteiger charge is -2.25. The average Bonchev–Trinajstić information content (AvgIpc) is 3.47. The molecule has 0 aliphatic rings. The summed E-state index contributed by atoms with van der Waals surface area (Å²) in [6.07, 6.45) is 0.704. The van der Waals surface area contributed by atoms with E-state index in [0.717, 1.165) is 33.3 Å². The number of nitrogens with one attached hydrogen (secondary N) is 2. The minimum absolute atomic E-state index is 0.0307. The van der Waals surface area contributed by atoms with Gasteiger partial charge in [0.05, 0.1) is 35.1 Å². The van der Waals surface area contributed by atoms with Crippen LogP contribution in [0.1, 0.15) is 59.5 Å². The fourth-order valence-corrected chi connectivity index (χ4v) is 7.74. The zero-order valence-corrected chi connectivity index (χ0v) is 31.1. The van der Waals surface area contributed by atoms with E-state index >= 15 is 0 Å². The van der Waals surface area contributed by atoms with Crippen LogP contribution in [0.2, 0.25) is 5.02 Å². The lowest BCUT2D eigenvalue weighted by Crippen LogP contribution is -2.36. The van der Waals surface area contributed by atoms with Gasteiger partial charge in [0, 0.05) is 47.6 Å². The third-order valence-electron chi connectivity index (χ3n) is 9.14. The molecule has 1 heterocycles. The number of hydrogen-bond donors (Lipinski definition) is 4.